The van der Waals surface area contributed by atoms with Gasteiger partial charge in [-0.05, 0) is 18.2 Å². The first-order valence-electron chi connectivity index (χ1n) is 5.72. The molecule has 1 aromatic carbocycles. The van der Waals surface area contributed by atoms with E-state index in [1.165, 1.54) is 0 Å². The summed E-state index contributed by atoms with van der Waals surface area (Å²) in [6, 6.07) is 12.9. The van der Waals surface area contributed by atoms with Gasteiger partial charge in [0.2, 0.25) is 5.88 Å². The normalized spacial score (nSPS) is 9.95. The van der Waals surface area contributed by atoms with Gasteiger partial charge in [0.05, 0.1) is 18.4 Å². The van der Waals surface area contributed by atoms with Crippen molar-refractivity contribution in [2.45, 2.75) is 6.61 Å². The van der Waals surface area contributed by atoms with E-state index in [1.54, 1.807) is 13.2 Å². The van der Waals surface area contributed by atoms with Crippen LogP contribution < -0.4 is 15.2 Å². The minimum Gasteiger partial charge on any atom is -0.487 e. The molecular formula is C14H14N2O2S. The van der Waals surface area contributed by atoms with Gasteiger partial charge in [-0.15, -0.1) is 0 Å². The minimum atomic E-state index is 0.314. The molecule has 4 nitrogen and oxygen atoms in total. The van der Waals surface area contributed by atoms with E-state index in [2.05, 4.69) is 4.98 Å². The van der Waals surface area contributed by atoms with Crippen molar-refractivity contribution in [3.8, 4) is 11.6 Å². The van der Waals surface area contributed by atoms with Crippen LogP contribution in [0.25, 0.3) is 0 Å². The molecule has 5 heteroatoms. The third-order valence-corrected chi connectivity index (χ3v) is 2.74. The highest BCUT2D eigenvalue weighted by Crippen LogP contribution is 2.19. The second kappa shape index (κ2) is 6.15. The third kappa shape index (κ3) is 3.42. The second-order valence-corrected chi connectivity index (χ2v) is 4.26. The van der Waals surface area contributed by atoms with Crippen LogP contribution in [-0.4, -0.2) is 17.1 Å². The number of nitrogens with two attached hydrogens (primary N) is 1. The van der Waals surface area contributed by atoms with Crippen molar-refractivity contribution in [1.29, 1.82) is 0 Å². The molecule has 0 amide bonds. The van der Waals surface area contributed by atoms with Gasteiger partial charge in [0.15, 0.2) is 0 Å². The highest BCUT2D eigenvalue weighted by molar-refractivity contribution is 7.80. The van der Waals surface area contributed by atoms with Gasteiger partial charge in [0, 0.05) is 6.07 Å². The van der Waals surface area contributed by atoms with E-state index in [9.17, 15) is 0 Å². The van der Waals surface area contributed by atoms with Crippen LogP contribution in [-0.2, 0) is 6.61 Å². The maximum atomic E-state index is 5.70. The van der Waals surface area contributed by atoms with Crippen molar-refractivity contribution in [2.24, 2.45) is 5.73 Å². The lowest BCUT2D eigenvalue weighted by atomic mass is 10.2. The number of benzene rings is 1. The molecule has 0 aliphatic heterocycles. The number of thiocarbonyl (C=S) groups is 1. The molecule has 19 heavy (non-hydrogen) atoms. The molecule has 0 saturated heterocycles. The largest absolute Gasteiger partial charge is 0.487 e. The maximum Gasteiger partial charge on any atom is 0.213 e. The van der Waals surface area contributed by atoms with Gasteiger partial charge in [-0.25, -0.2) is 4.98 Å². The zero-order valence-corrected chi connectivity index (χ0v) is 11.3. The van der Waals surface area contributed by atoms with E-state index in [0.29, 0.717) is 23.2 Å². The van der Waals surface area contributed by atoms with E-state index >= 15 is 0 Å². The number of hydrogen-bond donors (Lipinski definition) is 1. The summed E-state index contributed by atoms with van der Waals surface area (Å²) < 4.78 is 10.8. The number of methoxy groups -OCH3 is 1. The first-order chi connectivity index (χ1) is 9.20. The molecule has 0 radical (unpaired) electrons. The van der Waals surface area contributed by atoms with Crippen molar-refractivity contribution >= 4 is 17.2 Å². The molecule has 2 rings (SSSR count). The first kappa shape index (κ1) is 13.3. The van der Waals surface area contributed by atoms with Crippen molar-refractivity contribution in [3.05, 3.63) is 53.7 Å². The molecule has 0 fully saturated rings. The number of ether oxygens (including phenoxy) is 2. The van der Waals surface area contributed by atoms with Gasteiger partial charge in [-0.3, -0.25) is 0 Å². The predicted octanol–water partition coefficient (Wildman–Crippen LogP) is 2.30. The summed E-state index contributed by atoms with van der Waals surface area (Å²) in [5, 5.41) is 0. The second-order valence-electron chi connectivity index (χ2n) is 3.82. The Balaban J connectivity index is 2.12. The van der Waals surface area contributed by atoms with Crippen molar-refractivity contribution < 1.29 is 9.47 Å². The van der Waals surface area contributed by atoms with Gasteiger partial charge < -0.3 is 15.2 Å². The quantitative estimate of drug-likeness (QED) is 0.848. The minimum absolute atomic E-state index is 0.314. The van der Waals surface area contributed by atoms with Gasteiger partial charge >= 0.3 is 0 Å². The van der Waals surface area contributed by atoms with Gasteiger partial charge in [-0.2, -0.15) is 0 Å². The van der Waals surface area contributed by atoms with Crippen LogP contribution in [0.4, 0.5) is 0 Å². The Kier molecular flexibility index (Phi) is 4.30. The standard InChI is InChI=1S/C14H14N2O2S/c1-17-13-8-4-5-10(16-13)9-18-12-7-3-2-6-11(12)14(15)19/h2-8H,9H2,1H3,(H2,15,19). The van der Waals surface area contributed by atoms with Crippen molar-refractivity contribution in [3.63, 3.8) is 0 Å². The average Bonchev–Trinajstić information content (AvgIpc) is 2.45. The Hall–Kier alpha value is -2.14. The predicted molar refractivity (Wildman–Crippen MR) is 77.5 cm³/mol. The first-order valence-corrected chi connectivity index (χ1v) is 6.13. The molecule has 0 saturated carbocycles. The fourth-order valence-corrected chi connectivity index (χ4v) is 1.77. The fraction of sp³-hybridized carbons (Fsp3) is 0.143. The molecule has 0 aliphatic carbocycles. The molecule has 2 N–H and O–H groups in total. The summed E-state index contributed by atoms with van der Waals surface area (Å²) in [5.74, 6) is 1.21. The van der Waals surface area contributed by atoms with Gasteiger partial charge in [-0.1, -0.05) is 30.4 Å². The lowest BCUT2D eigenvalue weighted by Gasteiger charge is -2.10. The molecule has 2 aromatic rings. The molecule has 1 aromatic heterocycles. The van der Waals surface area contributed by atoms with Crippen molar-refractivity contribution in [1.82, 2.24) is 4.98 Å². The highest BCUT2D eigenvalue weighted by Gasteiger charge is 2.06. The Bertz CT molecular complexity index is 587. The van der Waals surface area contributed by atoms with E-state index in [-0.39, 0.29) is 0 Å². The van der Waals surface area contributed by atoms with Crippen LogP contribution in [0.5, 0.6) is 11.6 Å². The Morgan fingerprint density at radius 2 is 2.00 bits per heavy atom. The summed E-state index contributed by atoms with van der Waals surface area (Å²) in [6.07, 6.45) is 0. The molecule has 0 atom stereocenters. The third-order valence-electron chi connectivity index (χ3n) is 2.52. The monoisotopic (exact) mass is 274 g/mol. The molecule has 1 heterocycles. The molecule has 0 spiro atoms. The summed E-state index contributed by atoms with van der Waals surface area (Å²) in [6.45, 7) is 0.330. The maximum absolute atomic E-state index is 5.70. The van der Waals surface area contributed by atoms with Gasteiger partial charge in [0.25, 0.3) is 0 Å². The Morgan fingerprint density at radius 3 is 2.74 bits per heavy atom. The zero-order chi connectivity index (χ0) is 13.7. The Morgan fingerprint density at radius 1 is 1.21 bits per heavy atom. The topological polar surface area (TPSA) is 57.4 Å². The molecule has 0 aliphatic rings. The van der Waals surface area contributed by atoms with Crippen LogP contribution >= 0.6 is 12.2 Å². The van der Waals surface area contributed by atoms with Crippen molar-refractivity contribution in [2.75, 3.05) is 7.11 Å². The molecule has 0 bridgehead atoms. The van der Waals surface area contributed by atoms with E-state index < -0.39 is 0 Å². The van der Waals surface area contributed by atoms with Crippen LogP contribution in [0, 0.1) is 0 Å². The van der Waals surface area contributed by atoms with Gasteiger partial charge in [0.1, 0.15) is 17.3 Å². The summed E-state index contributed by atoms with van der Waals surface area (Å²) in [7, 11) is 1.58. The smallest absolute Gasteiger partial charge is 0.213 e. The highest BCUT2D eigenvalue weighted by atomic mass is 32.1. The molecule has 98 valence electrons. The number of pyridine rings is 1. The Labute approximate surface area is 117 Å². The number of nitrogens with zero attached hydrogens (tertiary/aromatic N) is 1. The number of aromatic nitrogens is 1. The van der Waals surface area contributed by atoms with E-state index in [1.807, 2.05) is 36.4 Å². The number of hydrogen-bond acceptors (Lipinski definition) is 4. The summed E-state index contributed by atoms with van der Waals surface area (Å²) in [4.78, 5) is 4.58. The lowest BCUT2D eigenvalue weighted by Crippen LogP contribution is -2.11. The molecular weight excluding hydrogens is 260 g/mol. The zero-order valence-electron chi connectivity index (χ0n) is 10.5. The number of rotatable bonds is 5. The van der Waals surface area contributed by atoms with E-state index in [4.69, 9.17) is 27.4 Å². The molecule has 0 unspecified atom stereocenters. The summed E-state index contributed by atoms with van der Waals surface area (Å²) >= 11 is 4.98. The van der Waals surface area contributed by atoms with Crippen LogP contribution in [0.2, 0.25) is 0 Å². The SMILES string of the molecule is COc1cccc(COc2ccccc2C(N)=S)n1. The average molecular weight is 274 g/mol. The fourth-order valence-electron chi connectivity index (χ4n) is 1.60. The summed E-state index contributed by atoms with van der Waals surface area (Å²) in [5.41, 5.74) is 7.14. The van der Waals surface area contributed by atoms with Crippen LogP contribution in [0.15, 0.2) is 42.5 Å². The van der Waals surface area contributed by atoms with E-state index in [0.717, 1.165) is 11.3 Å². The number of para-hydroxylation sites is 1. The lowest BCUT2D eigenvalue weighted by molar-refractivity contribution is 0.297. The van der Waals surface area contributed by atoms with Crippen LogP contribution in [0.3, 0.4) is 0 Å². The van der Waals surface area contributed by atoms with Crippen LogP contribution in [0.1, 0.15) is 11.3 Å².